The SMILES string of the molecule is CCC/C=C/C=C/CCCC(=O)SCCNC(=O)CCNC(=O)C(O)C(C)(C)COP(=O)(O)OP(=O)(O)OCC1OC(n2cnc3c(N)ncnc32)C(O)C1OP(=O)(O)O. The number of aliphatic hydroxyl groups excluding tert-OH is 2. The Kier molecular flexibility index (Phi) is 20.1. The van der Waals surface area contributed by atoms with E-state index in [0.29, 0.717) is 18.6 Å². The second-order valence-electron chi connectivity index (χ2n) is 13.8. The van der Waals surface area contributed by atoms with Gasteiger partial charge in [-0.25, -0.2) is 28.6 Å². The van der Waals surface area contributed by atoms with E-state index in [4.69, 9.17) is 19.5 Å². The lowest BCUT2D eigenvalue weighted by Gasteiger charge is -2.30. The number of hydrogen-bond acceptors (Lipinski definition) is 18. The Labute approximate surface area is 349 Å². The topological polar surface area (TPSA) is 364 Å². The van der Waals surface area contributed by atoms with E-state index in [-0.39, 0.29) is 41.6 Å². The zero-order chi connectivity index (χ0) is 44.7. The molecule has 1 aliphatic rings. The van der Waals surface area contributed by atoms with Gasteiger partial charge >= 0.3 is 23.5 Å². The summed E-state index contributed by atoms with van der Waals surface area (Å²) in [4.78, 5) is 87.8. The van der Waals surface area contributed by atoms with Crippen molar-refractivity contribution < 1.29 is 80.5 Å². The van der Waals surface area contributed by atoms with Gasteiger partial charge in [0.2, 0.25) is 11.8 Å². The molecule has 1 saturated heterocycles. The number of aromatic nitrogens is 4. The van der Waals surface area contributed by atoms with E-state index in [0.717, 1.165) is 48.2 Å². The number of amides is 2. The maximum Gasteiger partial charge on any atom is 0.481 e. The molecule has 10 N–H and O–H groups in total. The summed E-state index contributed by atoms with van der Waals surface area (Å²) >= 11 is 1.11. The van der Waals surface area contributed by atoms with Crippen LogP contribution in [0.25, 0.3) is 11.2 Å². The van der Waals surface area contributed by atoms with Gasteiger partial charge in [0.05, 0.1) is 19.5 Å². The second kappa shape index (κ2) is 23.5. The Morgan fingerprint density at radius 2 is 1.70 bits per heavy atom. The minimum Gasteiger partial charge on any atom is -0.386 e. The van der Waals surface area contributed by atoms with Gasteiger partial charge in [0.1, 0.15) is 36.3 Å². The van der Waals surface area contributed by atoms with Crippen molar-refractivity contribution in [1.82, 2.24) is 30.2 Å². The first kappa shape index (κ1) is 51.4. The summed E-state index contributed by atoms with van der Waals surface area (Å²) in [6.45, 7) is 2.62. The monoisotopic (exact) mass is 931 g/mol. The van der Waals surface area contributed by atoms with Gasteiger partial charge in [-0.2, -0.15) is 4.31 Å². The number of ether oxygens (including phenoxy) is 1. The standard InChI is InChI=1S/C32H52N7O17P3S/c1-4-5-6-7-8-9-10-11-12-23(41)60-16-15-34-22(40)13-14-35-30(44)27(43)32(2,3)18-53-59(50,51)56-58(48,49)52-17-21-26(55-57(45,46)47)25(42)31(54-21)39-20-38-24-28(33)36-19-37-29(24)39/h6-9,19-21,25-27,31,42-43H,4-5,10-18H2,1-3H3,(H,34,40)(H,35,44)(H,48,49)(H,50,51)(H2,33,36,37)(H2,45,46,47)/b7-6+,9-8+. The van der Waals surface area contributed by atoms with Crippen molar-refractivity contribution in [2.24, 2.45) is 5.41 Å². The zero-order valence-corrected chi connectivity index (χ0v) is 36.4. The van der Waals surface area contributed by atoms with E-state index < -0.39 is 84.6 Å². The molecule has 0 aromatic carbocycles. The molecular formula is C32H52N7O17P3S. The molecule has 1 fully saturated rings. The highest BCUT2D eigenvalue weighted by Gasteiger charge is 2.50. The van der Waals surface area contributed by atoms with Crippen LogP contribution in [0.15, 0.2) is 37.0 Å². The molecule has 0 spiro atoms. The third kappa shape index (κ3) is 17.1. The highest BCUT2D eigenvalue weighted by molar-refractivity contribution is 8.13. The molecule has 0 radical (unpaired) electrons. The first-order valence-electron chi connectivity index (χ1n) is 18.4. The van der Waals surface area contributed by atoms with Crippen LogP contribution in [0.1, 0.15) is 65.5 Å². The van der Waals surface area contributed by atoms with Crippen molar-refractivity contribution in [3.05, 3.63) is 37.0 Å². The lowest BCUT2D eigenvalue weighted by molar-refractivity contribution is -0.137. The smallest absolute Gasteiger partial charge is 0.386 e. The number of fused-ring (bicyclic) bond motifs is 1. The van der Waals surface area contributed by atoms with Gasteiger partial charge < -0.3 is 50.9 Å². The summed E-state index contributed by atoms with van der Waals surface area (Å²) < 4.78 is 62.2. The number of imidazole rings is 1. The van der Waals surface area contributed by atoms with E-state index in [2.05, 4.69) is 47.4 Å². The van der Waals surface area contributed by atoms with Crippen LogP contribution in [-0.4, -0.2) is 123 Å². The molecule has 24 nitrogen and oxygen atoms in total. The predicted molar refractivity (Wildman–Crippen MR) is 214 cm³/mol. The number of nitrogens with zero attached hydrogens (tertiary/aromatic N) is 4. The number of thioether (sulfide) groups is 1. The van der Waals surface area contributed by atoms with Gasteiger partial charge in [-0.15, -0.1) is 0 Å². The largest absolute Gasteiger partial charge is 0.481 e. The molecular weight excluding hydrogens is 879 g/mol. The van der Waals surface area contributed by atoms with Crippen LogP contribution in [0.3, 0.4) is 0 Å². The number of allylic oxidation sites excluding steroid dienone is 4. The first-order valence-corrected chi connectivity index (χ1v) is 23.9. The molecule has 3 rings (SSSR count). The Morgan fingerprint density at radius 1 is 1.02 bits per heavy atom. The minimum absolute atomic E-state index is 0.0103. The summed E-state index contributed by atoms with van der Waals surface area (Å²) in [5.74, 6) is -1.08. The van der Waals surface area contributed by atoms with Crippen molar-refractivity contribution in [2.75, 3.05) is 37.8 Å². The lowest BCUT2D eigenvalue weighted by atomic mass is 9.87. The molecule has 0 bridgehead atoms. The number of nitrogens with one attached hydrogen (secondary N) is 2. The molecule has 2 aromatic heterocycles. The van der Waals surface area contributed by atoms with Gasteiger partial charge in [0.25, 0.3) is 0 Å². The number of phosphoric ester groups is 3. The van der Waals surface area contributed by atoms with Gasteiger partial charge in [-0.05, 0) is 19.3 Å². The van der Waals surface area contributed by atoms with Crippen LogP contribution < -0.4 is 16.4 Å². The van der Waals surface area contributed by atoms with Crippen LogP contribution in [-0.2, 0) is 50.7 Å². The van der Waals surface area contributed by atoms with Gasteiger partial charge in [0.15, 0.2) is 22.8 Å². The quantitative estimate of drug-likeness (QED) is 0.0368. The number of carbonyl (C=O) groups is 3. The fraction of sp³-hybridized carbons (Fsp3) is 0.625. The highest BCUT2D eigenvalue weighted by atomic mass is 32.2. The number of rotatable bonds is 26. The Balaban J connectivity index is 1.41. The summed E-state index contributed by atoms with van der Waals surface area (Å²) in [5.41, 5.74) is 4.27. The van der Waals surface area contributed by atoms with Crippen LogP contribution in [0, 0.1) is 5.41 Å². The van der Waals surface area contributed by atoms with Gasteiger partial charge in [0, 0.05) is 37.1 Å². The van der Waals surface area contributed by atoms with Crippen molar-refractivity contribution in [3.8, 4) is 0 Å². The fourth-order valence-electron chi connectivity index (χ4n) is 5.25. The van der Waals surface area contributed by atoms with E-state index in [1.807, 2.05) is 18.2 Å². The summed E-state index contributed by atoms with van der Waals surface area (Å²) in [6.07, 6.45) is 5.12. The van der Waals surface area contributed by atoms with E-state index in [9.17, 15) is 57.9 Å². The maximum absolute atomic E-state index is 12.7. The third-order valence-electron chi connectivity index (χ3n) is 8.36. The van der Waals surface area contributed by atoms with Crippen molar-refractivity contribution >= 4 is 69.1 Å². The van der Waals surface area contributed by atoms with Crippen LogP contribution >= 0.6 is 35.2 Å². The number of hydrogen-bond donors (Lipinski definition) is 9. The summed E-state index contributed by atoms with van der Waals surface area (Å²) in [7, 11) is -16.4. The highest BCUT2D eigenvalue weighted by Crippen LogP contribution is 2.61. The summed E-state index contributed by atoms with van der Waals surface area (Å²) in [6, 6.07) is 0. The second-order valence-corrected chi connectivity index (χ2v) is 19.2. The Bertz CT molecular complexity index is 1960. The number of phosphoric acid groups is 3. The fourth-order valence-corrected chi connectivity index (χ4v) is 8.80. The third-order valence-corrected chi connectivity index (χ3v) is 12.4. The molecule has 2 aromatic rings. The zero-order valence-electron chi connectivity index (χ0n) is 32.9. The maximum atomic E-state index is 12.7. The molecule has 0 saturated carbocycles. The molecule has 3 heterocycles. The van der Waals surface area contributed by atoms with Crippen molar-refractivity contribution in [3.63, 3.8) is 0 Å². The van der Waals surface area contributed by atoms with Crippen LogP contribution in [0.4, 0.5) is 5.82 Å². The molecule has 2 amide bonds. The number of anilines is 1. The number of nitrogen functional groups attached to an aromatic ring is 1. The van der Waals surface area contributed by atoms with E-state index in [1.54, 1.807) is 0 Å². The number of nitrogens with two attached hydrogens (primary N) is 1. The lowest BCUT2D eigenvalue weighted by Crippen LogP contribution is -2.46. The molecule has 0 aliphatic carbocycles. The van der Waals surface area contributed by atoms with Gasteiger partial charge in [-0.3, -0.25) is 32.5 Å². The Morgan fingerprint density at radius 3 is 2.38 bits per heavy atom. The number of aliphatic hydroxyl groups is 2. The average molecular weight is 932 g/mol. The molecule has 7 unspecified atom stereocenters. The minimum atomic E-state index is -5.57. The van der Waals surface area contributed by atoms with Crippen molar-refractivity contribution in [1.29, 1.82) is 0 Å². The van der Waals surface area contributed by atoms with Crippen molar-refractivity contribution in [2.45, 2.75) is 89.9 Å². The molecule has 60 heavy (non-hydrogen) atoms. The molecule has 7 atom stereocenters. The Hall–Kier alpha value is -2.96. The first-order chi connectivity index (χ1) is 28.1. The van der Waals surface area contributed by atoms with E-state index >= 15 is 0 Å². The summed E-state index contributed by atoms with van der Waals surface area (Å²) in [5, 5.41) is 26.5. The van der Waals surface area contributed by atoms with Crippen LogP contribution in [0.5, 0.6) is 0 Å². The predicted octanol–water partition coefficient (Wildman–Crippen LogP) is 1.75. The average Bonchev–Trinajstić information content (AvgIpc) is 3.72. The normalized spacial score (nSPS) is 21.3. The van der Waals surface area contributed by atoms with Crippen LogP contribution in [0.2, 0.25) is 0 Å². The molecule has 1 aliphatic heterocycles. The number of carbonyl (C=O) groups excluding carboxylic acids is 3. The molecule has 338 valence electrons. The van der Waals surface area contributed by atoms with Gasteiger partial charge in [-0.1, -0.05) is 63.3 Å². The van der Waals surface area contributed by atoms with E-state index in [1.165, 1.54) is 13.8 Å². The molecule has 28 heteroatoms. The number of unbranched alkanes of at least 4 members (excludes halogenated alkanes) is 2.